The van der Waals surface area contributed by atoms with Crippen LogP contribution in [0.3, 0.4) is 0 Å². The van der Waals surface area contributed by atoms with E-state index >= 15 is 0 Å². The molecule has 0 amide bonds. The molecule has 0 aliphatic heterocycles. The summed E-state index contributed by atoms with van der Waals surface area (Å²) in [7, 11) is 3.37. The number of hydrogen-bond donors (Lipinski definition) is 1. The van der Waals surface area contributed by atoms with Crippen molar-refractivity contribution in [2.24, 2.45) is 0 Å². The maximum atomic E-state index is 14.4. The molecule has 0 saturated carbocycles. The second-order valence-electron chi connectivity index (χ2n) is 5.14. The zero-order chi connectivity index (χ0) is 14.1. The minimum atomic E-state index is -0.265. The highest BCUT2D eigenvalue weighted by atomic mass is 19.1. The monoisotopic (exact) mass is 271 g/mol. The number of benzene rings is 2. The molecule has 0 radical (unpaired) electrons. The summed E-state index contributed by atoms with van der Waals surface area (Å²) in [6, 6.07) is 13.7. The molecule has 0 aromatic heterocycles. The van der Waals surface area contributed by atoms with Crippen LogP contribution in [-0.2, 0) is 6.42 Å². The molecule has 104 valence electrons. The van der Waals surface area contributed by atoms with Crippen LogP contribution in [0, 0.1) is 5.82 Å². The molecule has 3 rings (SSSR count). The van der Waals surface area contributed by atoms with Crippen molar-refractivity contribution in [1.29, 1.82) is 0 Å². The van der Waals surface area contributed by atoms with E-state index in [0.717, 1.165) is 6.42 Å². The SMILES string of the molecule is CNC(c1cccc(OC)c1F)C1Cc2ccccc21. The number of hydrogen-bond acceptors (Lipinski definition) is 2. The molecule has 2 atom stereocenters. The van der Waals surface area contributed by atoms with Crippen LogP contribution >= 0.6 is 0 Å². The van der Waals surface area contributed by atoms with Crippen molar-refractivity contribution >= 4 is 0 Å². The lowest BCUT2D eigenvalue weighted by atomic mass is 9.71. The lowest BCUT2D eigenvalue weighted by molar-refractivity contribution is 0.371. The molecule has 0 spiro atoms. The van der Waals surface area contributed by atoms with Crippen molar-refractivity contribution in [2.45, 2.75) is 18.4 Å². The molecular formula is C17H18FNO. The Morgan fingerprint density at radius 1 is 1.20 bits per heavy atom. The molecule has 2 aromatic carbocycles. The van der Waals surface area contributed by atoms with Gasteiger partial charge < -0.3 is 10.1 Å². The molecule has 3 heteroatoms. The van der Waals surface area contributed by atoms with Gasteiger partial charge in [-0.3, -0.25) is 0 Å². The first-order valence-corrected chi connectivity index (χ1v) is 6.83. The second-order valence-corrected chi connectivity index (χ2v) is 5.14. The Labute approximate surface area is 118 Å². The molecule has 1 N–H and O–H groups in total. The number of halogens is 1. The number of methoxy groups -OCH3 is 1. The van der Waals surface area contributed by atoms with Gasteiger partial charge in [0.15, 0.2) is 11.6 Å². The summed E-state index contributed by atoms with van der Waals surface area (Å²) in [5.74, 6) is 0.354. The van der Waals surface area contributed by atoms with Gasteiger partial charge in [0, 0.05) is 17.5 Å². The van der Waals surface area contributed by atoms with E-state index in [0.29, 0.717) is 17.2 Å². The summed E-state index contributed by atoms with van der Waals surface area (Å²) in [6.07, 6.45) is 0.984. The summed E-state index contributed by atoms with van der Waals surface area (Å²) in [4.78, 5) is 0. The minimum absolute atomic E-state index is 0.0278. The van der Waals surface area contributed by atoms with E-state index in [1.165, 1.54) is 18.2 Å². The fourth-order valence-electron chi connectivity index (χ4n) is 3.09. The van der Waals surface area contributed by atoms with E-state index in [2.05, 4.69) is 23.5 Å². The highest BCUT2D eigenvalue weighted by molar-refractivity contribution is 5.44. The van der Waals surface area contributed by atoms with Crippen molar-refractivity contribution in [3.63, 3.8) is 0 Å². The van der Waals surface area contributed by atoms with Crippen LogP contribution < -0.4 is 10.1 Å². The Bertz CT molecular complexity index is 626. The lowest BCUT2D eigenvalue weighted by Crippen LogP contribution is -2.32. The largest absolute Gasteiger partial charge is 0.494 e. The molecule has 0 heterocycles. The Morgan fingerprint density at radius 3 is 2.70 bits per heavy atom. The fourth-order valence-corrected chi connectivity index (χ4v) is 3.09. The van der Waals surface area contributed by atoms with Gasteiger partial charge in [-0.25, -0.2) is 4.39 Å². The molecule has 2 nitrogen and oxygen atoms in total. The number of ether oxygens (including phenoxy) is 1. The van der Waals surface area contributed by atoms with Gasteiger partial charge in [-0.15, -0.1) is 0 Å². The van der Waals surface area contributed by atoms with Crippen LogP contribution in [0.25, 0.3) is 0 Å². The van der Waals surface area contributed by atoms with Crippen molar-refractivity contribution in [1.82, 2.24) is 5.32 Å². The molecule has 0 fully saturated rings. The van der Waals surface area contributed by atoms with Crippen LogP contribution in [0.4, 0.5) is 4.39 Å². The second kappa shape index (κ2) is 5.25. The Morgan fingerprint density at radius 2 is 2.00 bits per heavy atom. The smallest absolute Gasteiger partial charge is 0.169 e. The van der Waals surface area contributed by atoms with E-state index in [-0.39, 0.29) is 11.9 Å². The zero-order valence-corrected chi connectivity index (χ0v) is 11.7. The van der Waals surface area contributed by atoms with E-state index in [1.807, 2.05) is 25.2 Å². The van der Waals surface area contributed by atoms with Crippen LogP contribution in [0.1, 0.15) is 28.7 Å². The van der Waals surface area contributed by atoms with Crippen LogP contribution in [0.2, 0.25) is 0 Å². The molecule has 1 aliphatic carbocycles. The molecule has 0 bridgehead atoms. The van der Waals surface area contributed by atoms with Gasteiger partial charge in [-0.2, -0.15) is 0 Å². The minimum Gasteiger partial charge on any atom is -0.494 e. The summed E-state index contributed by atoms with van der Waals surface area (Å²) in [5, 5.41) is 3.26. The van der Waals surface area contributed by atoms with Gasteiger partial charge in [-0.1, -0.05) is 36.4 Å². The summed E-state index contributed by atoms with van der Waals surface area (Å²) in [6.45, 7) is 0. The van der Waals surface area contributed by atoms with Crippen molar-refractivity contribution in [3.05, 3.63) is 65.0 Å². The number of nitrogens with one attached hydrogen (secondary N) is 1. The first-order chi connectivity index (χ1) is 9.76. The molecule has 2 unspecified atom stereocenters. The molecule has 0 saturated heterocycles. The highest BCUT2D eigenvalue weighted by Gasteiger charge is 2.34. The van der Waals surface area contributed by atoms with Crippen molar-refractivity contribution < 1.29 is 9.13 Å². The Hall–Kier alpha value is -1.87. The van der Waals surface area contributed by atoms with Gasteiger partial charge >= 0.3 is 0 Å². The molecule has 1 aliphatic rings. The first-order valence-electron chi connectivity index (χ1n) is 6.83. The molecule has 2 aromatic rings. The third-order valence-electron chi connectivity index (χ3n) is 4.16. The van der Waals surface area contributed by atoms with Crippen molar-refractivity contribution in [2.75, 3.05) is 14.2 Å². The van der Waals surface area contributed by atoms with E-state index in [1.54, 1.807) is 6.07 Å². The molecule has 20 heavy (non-hydrogen) atoms. The van der Waals surface area contributed by atoms with E-state index in [9.17, 15) is 4.39 Å². The standard InChI is InChI=1S/C17H18FNO/c1-19-17(13-8-5-9-15(20-2)16(13)18)14-10-11-6-3-4-7-12(11)14/h3-9,14,17,19H,10H2,1-2H3. The first kappa shape index (κ1) is 13.1. The van der Waals surface area contributed by atoms with Crippen LogP contribution in [0.5, 0.6) is 5.75 Å². The van der Waals surface area contributed by atoms with Gasteiger partial charge in [-0.05, 0) is 30.7 Å². The van der Waals surface area contributed by atoms with E-state index in [4.69, 9.17) is 4.74 Å². The van der Waals surface area contributed by atoms with Crippen molar-refractivity contribution in [3.8, 4) is 5.75 Å². The summed E-state index contributed by atoms with van der Waals surface area (Å²) >= 11 is 0. The third-order valence-corrected chi connectivity index (χ3v) is 4.16. The topological polar surface area (TPSA) is 21.3 Å². The fraction of sp³-hybridized carbons (Fsp3) is 0.294. The Kier molecular flexibility index (Phi) is 3.45. The average Bonchev–Trinajstić information content (AvgIpc) is 2.46. The van der Waals surface area contributed by atoms with Crippen LogP contribution in [0.15, 0.2) is 42.5 Å². The van der Waals surface area contributed by atoms with Gasteiger partial charge in [0.1, 0.15) is 0 Å². The highest BCUT2D eigenvalue weighted by Crippen LogP contribution is 2.44. The summed E-state index contributed by atoms with van der Waals surface area (Å²) < 4.78 is 19.5. The van der Waals surface area contributed by atoms with Crippen LogP contribution in [-0.4, -0.2) is 14.2 Å². The summed E-state index contributed by atoms with van der Waals surface area (Å²) in [5.41, 5.74) is 3.35. The zero-order valence-electron chi connectivity index (χ0n) is 11.7. The number of rotatable bonds is 4. The Balaban J connectivity index is 1.97. The number of fused-ring (bicyclic) bond motifs is 1. The lowest BCUT2D eigenvalue weighted by Gasteiger charge is -2.37. The van der Waals surface area contributed by atoms with E-state index < -0.39 is 0 Å². The molecular weight excluding hydrogens is 253 g/mol. The average molecular weight is 271 g/mol. The quantitative estimate of drug-likeness (QED) is 0.919. The maximum absolute atomic E-state index is 14.4. The normalized spacial score (nSPS) is 18.1. The predicted molar refractivity (Wildman–Crippen MR) is 77.6 cm³/mol. The van der Waals surface area contributed by atoms with Gasteiger partial charge in [0.2, 0.25) is 0 Å². The van der Waals surface area contributed by atoms with Gasteiger partial charge in [0.25, 0.3) is 0 Å². The predicted octanol–water partition coefficient (Wildman–Crippen LogP) is 3.43. The van der Waals surface area contributed by atoms with Gasteiger partial charge in [0.05, 0.1) is 7.11 Å². The third kappa shape index (κ3) is 1.98. The maximum Gasteiger partial charge on any atom is 0.169 e. The number of likely N-dealkylation sites (N-methyl/N-ethyl adjacent to an activating group) is 1.